The fourth-order valence-corrected chi connectivity index (χ4v) is 5.93. The van der Waals surface area contributed by atoms with Crippen LogP contribution in [0.1, 0.15) is 54.9 Å². The molecular weight excluding hydrogens is 490 g/mol. The molecule has 0 amide bonds. The van der Waals surface area contributed by atoms with Crippen molar-refractivity contribution in [2.24, 2.45) is 0 Å². The number of ether oxygens (including phenoxy) is 10. The van der Waals surface area contributed by atoms with Gasteiger partial charge in [-0.2, -0.15) is 0 Å². The Morgan fingerprint density at radius 2 is 1.38 bits per heavy atom. The van der Waals surface area contributed by atoms with E-state index < -0.39 is 60.4 Å². The molecular formula is C25H41NO11. The third kappa shape index (κ3) is 5.56. The highest BCUT2D eigenvalue weighted by Gasteiger charge is 2.62. The summed E-state index contributed by atoms with van der Waals surface area (Å²) in [5, 5.41) is 3.46. The summed E-state index contributed by atoms with van der Waals surface area (Å²) in [5.41, 5.74) is 0. The van der Waals surface area contributed by atoms with E-state index in [9.17, 15) is 4.79 Å². The van der Waals surface area contributed by atoms with Crippen LogP contribution in [-0.4, -0.2) is 105 Å². The van der Waals surface area contributed by atoms with E-state index in [1.54, 1.807) is 14.0 Å². The minimum Gasteiger partial charge on any atom is -0.466 e. The van der Waals surface area contributed by atoms with Gasteiger partial charge in [-0.1, -0.05) is 0 Å². The second-order valence-corrected chi connectivity index (χ2v) is 11.5. The van der Waals surface area contributed by atoms with Gasteiger partial charge in [-0.15, -0.1) is 0 Å². The zero-order valence-corrected chi connectivity index (χ0v) is 22.9. The predicted molar refractivity (Wildman–Crippen MR) is 125 cm³/mol. The van der Waals surface area contributed by atoms with Gasteiger partial charge in [0.25, 0.3) is 0 Å². The molecule has 0 radical (unpaired) electrons. The van der Waals surface area contributed by atoms with E-state index in [0.29, 0.717) is 6.54 Å². The first kappa shape index (κ1) is 27.6. The van der Waals surface area contributed by atoms with E-state index >= 15 is 0 Å². The minimum atomic E-state index is -0.856. The number of esters is 1. The van der Waals surface area contributed by atoms with Crippen molar-refractivity contribution in [2.45, 2.75) is 134 Å². The van der Waals surface area contributed by atoms with E-state index in [4.69, 9.17) is 47.4 Å². The first-order chi connectivity index (χ1) is 17.3. The average Bonchev–Trinajstić information content (AvgIpc) is 3.46. The highest BCUT2D eigenvalue weighted by atomic mass is 16.9. The molecule has 5 fully saturated rings. The van der Waals surface area contributed by atoms with Gasteiger partial charge >= 0.3 is 5.97 Å². The lowest BCUT2D eigenvalue weighted by molar-refractivity contribution is -0.241. The zero-order valence-electron chi connectivity index (χ0n) is 22.9. The molecule has 212 valence electrons. The van der Waals surface area contributed by atoms with Crippen molar-refractivity contribution in [3.8, 4) is 0 Å². The Morgan fingerprint density at radius 1 is 0.811 bits per heavy atom. The number of carbonyl (C=O) groups excluding carboxylic acids is 1. The van der Waals surface area contributed by atoms with Gasteiger partial charge in [0.2, 0.25) is 0 Å². The Kier molecular flexibility index (Phi) is 7.41. The Hall–Kier alpha value is -0.930. The Balaban J connectivity index is 1.34. The summed E-state index contributed by atoms with van der Waals surface area (Å²) < 4.78 is 60.1. The lowest BCUT2D eigenvalue weighted by Crippen LogP contribution is -2.62. The highest BCUT2D eigenvalue weighted by molar-refractivity contribution is 5.70. The summed E-state index contributed by atoms with van der Waals surface area (Å²) in [5.74, 6) is -2.80. The van der Waals surface area contributed by atoms with E-state index in [1.165, 1.54) is 0 Å². The number of fused-ring (bicyclic) bond motifs is 4. The van der Waals surface area contributed by atoms with Crippen molar-refractivity contribution >= 4 is 5.97 Å². The van der Waals surface area contributed by atoms with Crippen LogP contribution in [0.25, 0.3) is 0 Å². The zero-order chi connectivity index (χ0) is 26.8. The summed E-state index contributed by atoms with van der Waals surface area (Å²) in [7, 11) is 1.62. The molecule has 0 spiro atoms. The fraction of sp³-hybridized carbons (Fsp3) is 0.960. The second-order valence-electron chi connectivity index (χ2n) is 11.5. The molecule has 37 heavy (non-hydrogen) atoms. The molecule has 5 aliphatic rings. The van der Waals surface area contributed by atoms with Crippen molar-refractivity contribution in [1.82, 2.24) is 5.32 Å². The molecule has 5 heterocycles. The Labute approximate surface area is 217 Å². The molecule has 0 saturated carbocycles. The molecule has 0 bridgehead atoms. The third-order valence-electron chi connectivity index (χ3n) is 7.22. The molecule has 5 saturated heterocycles. The van der Waals surface area contributed by atoms with Gasteiger partial charge in [-0.25, -0.2) is 0 Å². The number of carbonyl (C=O) groups is 1. The molecule has 0 aromatic heterocycles. The number of methoxy groups -OCH3 is 1. The topological polar surface area (TPSA) is 121 Å². The first-order valence-corrected chi connectivity index (χ1v) is 13.1. The summed E-state index contributed by atoms with van der Waals surface area (Å²) in [6, 6.07) is -0.503. The summed E-state index contributed by atoms with van der Waals surface area (Å²) in [6.07, 6.45) is -4.26. The van der Waals surface area contributed by atoms with Gasteiger partial charge in [0.15, 0.2) is 29.9 Å². The van der Waals surface area contributed by atoms with Gasteiger partial charge in [0.1, 0.15) is 42.7 Å². The van der Waals surface area contributed by atoms with Gasteiger partial charge in [0, 0.05) is 19.7 Å². The Bertz CT molecular complexity index is 850. The van der Waals surface area contributed by atoms with Crippen molar-refractivity contribution in [1.29, 1.82) is 0 Å². The van der Waals surface area contributed by atoms with Crippen LogP contribution in [0, 0.1) is 0 Å². The van der Waals surface area contributed by atoms with Gasteiger partial charge < -0.3 is 52.7 Å². The van der Waals surface area contributed by atoms with E-state index in [-0.39, 0.29) is 37.3 Å². The molecule has 10 atom stereocenters. The van der Waals surface area contributed by atoms with Crippen molar-refractivity contribution in [2.75, 3.05) is 20.3 Å². The predicted octanol–water partition coefficient (Wildman–Crippen LogP) is 1.19. The van der Waals surface area contributed by atoms with Crippen LogP contribution in [0.2, 0.25) is 0 Å². The monoisotopic (exact) mass is 531 g/mol. The van der Waals surface area contributed by atoms with Crippen LogP contribution >= 0.6 is 0 Å². The third-order valence-corrected chi connectivity index (χ3v) is 7.22. The van der Waals surface area contributed by atoms with Crippen LogP contribution < -0.4 is 5.32 Å². The maximum atomic E-state index is 12.7. The summed E-state index contributed by atoms with van der Waals surface area (Å²) in [4.78, 5) is 12.7. The average molecular weight is 532 g/mol. The maximum Gasteiger partial charge on any atom is 0.307 e. The lowest BCUT2D eigenvalue weighted by atomic mass is 9.92. The highest BCUT2D eigenvalue weighted by Crippen LogP contribution is 2.45. The Morgan fingerprint density at radius 3 is 2.03 bits per heavy atom. The number of hydrogen-bond donors (Lipinski definition) is 1. The standard InChI is InChI=1S/C25H41NO11/c1-9-29-14(27)10-12(26-11-13-16(28-8)19-21(30-13)36-24(4,5)34-19)15-17-18(33-23(2,3)32-17)20-22(31-15)37-25(6,7)35-20/h12-13,15-22,26H,9-11H2,1-8H3/t12-,13+,15+,16-,17-,18-,19+,20+,21+,22+/m0/s1. The van der Waals surface area contributed by atoms with E-state index in [1.807, 2.05) is 41.5 Å². The number of nitrogens with one attached hydrogen (secondary N) is 1. The molecule has 5 aliphatic heterocycles. The van der Waals surface area contributed by atoms with Crippen LogP contribution in [0.3, 0.4) is 0 Å². The van der Waals surface area contributed by atoms with Crippen LogP contribution in [0.5, 0.6) is 0 Å². The SMILES string of the molecule is CCOC(=O)C[C@H](NC[C@H]1O[C@@H]2OC(C)(C)O[C@@H]2[C@H]1OC)[C@H]1O[C@@H]2OC(C)(C)O[C@@H]2[C@H]2OC(C)(C)O[C@H]21. The molecule has 5 rings (SSSR count). The molecule has 0 unspecified atom stereocenters. The molecule has 0 aromatic rings. The molecule has 1 N–H and O–H groups in total. The smallest absolute Gasteiger partial charge is 0.307 e. The van der Waals surface area contributed by atoms with Gasteiger partial charge in [-0.3, -0.25) is 4.79 Å². The summed E-state index contributed by atoms with van der Waals surface area (Å²) in [6.45, 7) is 13.4. The number of hydrogen-bond acceptors (Lipinski definition) is 12. The van der Waals surface area contributed by atoms with Crippen LogP contribution in [-0.2, 0) is 52.2 Å². The second kappa shape index (κ2) is 9.92. The number of rotatable bonds is 8. The largest absolute Gasteiger partial charge is 0.466 e. The van der Waals surface area contributed by atoms with E-state index in [2.05, 4.69) is 5.32 Å². The normalized spacial score (nSPS) is 43.7. The van der Waals surface area contributed by atoms with Crippen LogP contribution in [0.4, 0.5) is 0 Å². The molecule has 0 aliphatic carbocycles. The minimum absolute atomic E-state index is 0.0460. The molecule has 12 heteroatoms. The summed E-state index contributed by atoms with van der Waals surface area (Å²) >= 11 is 0. The van der Waals surface area contributed by atoms with Crippen LogP contribution in [0.15, 0.2) is 0 Å². The first-order valence-electron chi connectivity index (χ1n) is 13.1. The quantitative estimate of drug-likeness (QED) is 0.453. The fourth-order valence-electron chi connectivity index (χ4n) is 5.93. The van der Waals surface area contributed by atoms with Crippen molar-refractivity contribution in [3.63, 3.8) is 0 Å². The van der Waals surface area contributed by atoms with Crippen molar-refractivity contribution in [3.05, 3.63) is 0 Å². The van der Waals surface area contributed by atoms with E-state index in [0.717, 1.165) is 0 Å². The van der Waals surface area contributed by atoms with Gasteiger partial charge in [-0.05, 0) is 48.5 Å². The molecule has 12 nitrogen and oxygen atoms in total. The van der Waals surface area contributed by atoms with Crippen molar-refractivity contribution < 1.29 is 52.2 Å². The molecule has 0 aromatic carbocycles. The maximum absolute atomic E-state index is 12.7. The lowest BCUT2D eigenvalue weighted by Gasteiger charge is -2.41. The van der Waals surface area contributed by atoms with Gasteiger partial charge in [0.05, 0.1) is 13.0 Å².